The first-order valence-electron chi connectivity index (χ1n) is 8.23. The number of hydrogen-bond donors (Lipinski definition) is 2. The first-order valence-corrected chi connectivity index (χ1v) is 9.05. The van der Waals surface area contributed by atoms with Gasteiger partial charge in [-0.25, -0.2) is 4.39 Å². The Morgan fingerprint density at radius 3 is 2.68 bits per heavy atom. The zero-order chi connectivity index (χ0) is 18.0. The Bertz CT molecular complexity index is 796. The molecule has 5 nitrogen and oxygen atoms in total. The molecule has 2 aromatic rings. The SMILES string of the molecule is COCc1c(C(=O)NC2CCC(C(=O)O)CC2)sc2cccc(F)c12. The van der Waals surface area contributed by atoms with Gasteiger partial charge in [0.2, 0.25) is 0 Å². The molecule has 25 heavy (non-hydrogen) atoms. The number of carbonyl (C=O) groups is 2. The van der Waals surface area contributed by atoms with Crippen molar-refractivity contribution < 1.29 is 23.8 Å². The van der Waals surface area contributed by atoms with E-state index in [1.54, 1.807) is 12.1 Å². The molecule has 0 atom stereocenters. The van der Waals surface area contributed by atoms with Crippen LogP contribution in [0.4, 0.5) is 4.39 Å². The van der Waals surface area contributed by atoms with Crippen LogP contribution in [0.25, 0.3) is 10.1 Å². The molecule has 1 aliphatic carbocycles. The number of ether oxygens (including phenoxy) is 1. The van der Waals surface area contributed by atoms with Crippen LogP contribution in [0.1, 0.15) is 40.9 Å². The van der Waals surface area contributed by atoms with Crippen LogP contribution in [0.5, 0.6) is 0 Å². The minimum atomic E-state index is -0.771. The van der Waals surface area contributed by atoms with E-state index in [2.05, 4.69) is 5.32 Å². The second-order valence-electron chi connectivity index (χ2n) is 6.32. The number of carboxylic acids is 1. The topological polar surface area (TPSA) is 75.6 Å². The standard InChI is InChI=1S/C18H20FNO4S/c1-24-9-12-15-13(19)3-2-4-14(15)25-16(12)17(21)20-11-7-5-10(6-8-11)18(22)23/h2-4,10-11H,5-9H2,1H3,(H,20,21)(H,22,23). The summed E-state index contributed by atoms with van der Waals surface area (Å²) in [5.74, 6) is -1.70. The van der Waals surface area contributed by atoms with Crippen molar-refractivity contribution >= 4 is 33.3 Å². The molecular weight excluding hydrogens is 345 g/mol. The van der Waals surface area contributed by atoms with E-state index in [0.717, 1.165) is 0 Å². The van der Waals surface area contributed by atoms with Gasteiger partial charge in [-0.3, -0.25) is 9.59 Å². The molecule has 0 unspecified atom stereocenters. The quantitative estimate of drug-likeness (QED) is 0.849. The molecule has 1 aromatic heterocycles. The lowest BCUT2D eigenvalue weighted by Crippen LogP contribution is -2.38. The molecule has 7 heteroatoms. The Balaban J connectivity index is 1.79. The zero-order valence-electron chi connectivity index (χ0n) is 13.9. The summed E-state index contributed by atoms with van der Waals surface area (Å²) in [6.07, 6.45) is 2.40. The molecule has 1 aliphatic rings. The highest BCUT2D eigenvalue weighted by molar-refractivity contribution is 7.21. The lowest BCUT2D eigenvalue weighted by atomic mass is 9.86. The average Bonchev–Trinajstić information content (AvgIpc) is 2.96. The third kappa shape index (κ3) is 3.67. The van der Waals surface area contributed by atoms with Gasteiger partial charge in [-0.05, 0) is 37.8 Å². The molecule has 2 N–H and O–H groups in total. The Labute approximate surface area is 148 Å². The molecule has 1 amide bonds. The summed E-state index contributed by atoms with van der Waals surface area (Å²) in [7, 11) is 1.51. The van der Waals surface area contributed by atoms with Crippen molar-refractivity contribution in [3.8, 4) is 0 Å². The fourth-order valence-electron chi connectivity index (χ4n) is 3.37. The predicted molar refractivity (Wildman–Crippen MR) is 93.3 cm³/mol. The number of amides is 1. The summed E-state index contributed by atoms with van der Waals surface area (Å²) in [4.78, 5) is 24.2. The van der Waals surface area contributed by atoms with Crippen LogP contribution in [-0.2, 0) is 16.1 Å². The maximum absolute atomic E-state index is 14.2. The lowest BCUT2D eigenvalue weighted by molar-refractivity contribution is -0.142. The summed E-state index contributed by atoms with van der Waals surface area (Å²) >= 11 is 1.25. The fraction of sp³-hybridized carbons (Fsp3) is 0.444. The number of fused-ring (bicyclic) bond motifs is 1. The van der Waals surface area contributed by atoms with Crippen LogP contribution < -0.4 is 5.32 Å². The summed E-state index contributed by atoms with van der Waals surface area (Å²) in [6, 6.07) is 4.74. The fourth-order valence-corrected chi connectivity index (χ4v) is 4.49. The minimum absolute atomic E-state index is 0.0476. The van der Waals surface area contributed by atoms with Crippen molar-refractivity contribution in [1.29, 1.82) is 0 Å². The van der Waals surface area contributed by atoms with Gasteiger partial charge in [0.1, 0.15) is 5.82 Å². The number of benzene rings is 1. The molecule has 1 saturated carbocycles. The van der Waals surface area contributed by atoms with E-state index in [9.17, 15) is 14.0 Å². The molecule has 0 radical (unpaired) electrons. The van der Waals surface area contributed by atoms with Crippen LogP contribution in [0.2, 0.25) is 0 Å². The van der Waals surface area contributed by atoms with Gasteiger partial charge in [0, 0.05) is 28.8 Å². The first kappa shape index (κ1) is 17.8. The highest BCUT2D eigenvalue weighted by Gasteiger charge is 2.28. The molecule has 1 fully saturated rings. The maximum atomic E-state index is 14.2. The normalized spacial score (nSPS) is 20.6. The van der Waals surface area contributed by atoms with Crippen molar-refractivity contribution in [2.75, 3.05) is 7.11 Å². The number of thiophene rings is 1. The van der Waals surface area contributed by atoms with Gasteiger partial charge in [0.05, 0.1) is 17.4 Å². The van der Waals surface area contributed by atoms with Crippen LogP contribution in [0, 0.1) is 11.7 Å². The zero-order valence-corrected chi connectivity index (χ0v) is 14.7. The molecule has 0 spiro atoms. The Hall–Kier alpha value is -1.99. The van der Waals surface area contributed by atoms with Crippen molar-refractivity contribution in [2.24, 2.45) is 5.92 Å². The molecule has 0 aliphatic heterocycles. The van der Waals surface area contributed by atoms with Crippen molar-refractivity contribution in [2.45, 2.75) is 38.3 Å². The van der Waals surface area contributed by atoms with Gasteiger partial charge in [0.15, 0.2) is 0 Å². The van der Waals surface area contributed by atoms with Crippen LogP contribution in [-0.4, -0.2) is 30.1 Å². The molecular formula is C18H20FNO4S. The van der Waals surface area contributed by atoms with Crippen molar-refractivity contribution in [1.82, 2.24) is 5.32 Å². The highest BCUT2D eigenvalue weighted by atomic mass is 32.1. The van der Waals surface area contributed by atoms with Crippen LogP contribution in [0.15, 0.2) is 18.2 Å². The largest absolute Gasteiger partial charge is 0.481 e. The van der Waals surface area contributed by atoms with Gasteiger partial charge in [-0.15, -0.1) is 11.3 Å². The van der Waals surface area contributed by atoms with E-state index < -0.39 is 5.97 Å². The number of carbonyl (C=O) groups excluding carboxylic acids is 1. The smallest absolute Gasteiger partial charge is 0.306 e. The van der Waals surface area contributed by atoms with E-state index >= 15 is 0 Å². The number of nitrogens with one attached hydrogen (secondary N) is 1. The minimum Gasteiger partial charge on any atom is -0.481 e. The third-order valence-electron chi connectivity index (χ3n) is 4.67. The number of rotatable bonds is 5. The second kappa shape index (κ2) is 7.49. The Morgan fingerprint density at radius 1 is 1.32 bits per heavy atom. The van der Waals surface area contributed by atoms with E-state index in [0.29, 0.717) is 46.2 Å². The van der Waals surface area contributed by atoms with Gasteiger partial charge < -0.3 is 15.2 Å². The predicted octanol–water partition coefficient (Wildman–Crippen LogP) is 3.56. The number of methoxy groups -OCH3 is 1. The summed E-state index contributed by atoms with van der Waals surface area (Å²) in [6.45, 7) is 0.162. The highest BCUT2D eigenvalue weighted by Crippen LogP contribution is 2.34. The van der Waals surface area contributed by atoms with Gasteiger partial charge in [0.25, 0.3) is 5.91 Å². The first-order chi connectivity index (χ1) is 12.0. The number of aliphatic carboxylic acids is 1. The maximum Gasteiger partial charge on any atom is 0.306 e. The van der Waals surface area contributed by atoms with E-state index in [4.69, 9.17) is 9.84 Å². The summed E-state index contributed by atoms with van der Waals surface area (Å²) in [5.41, 5.74) is 0.567. The summed E-state index contributed by atoms with van der Waals surface area (Å²) in [5, 5.41) is 12.5. The molecule has 0 saturated heterocycles. The number of carboxylic acid groups (broad SMARTS) is 1. The number of hydrogen-bond acceptors (Lipinski definition) is 4. The van der Waals surface area contributed by atoms with E-state index in [-0.39, 0.29) is 30.3 Å². The van der Waals surface area contributed by atoms with Crippen molar-refractivity contribution in [3.63, 3.8) is 0 Å². The van der Waals surface area contributed by atoms with E-state index in [1.807, 2.05) is 0 Å². The van der Waals surface area contributed by atoms with Crippen LogP contribution >= 0.6 is 11.3 Å². The molecule has 0 bridgehead atoms. The second-order valence-corrected chi connectivity index (χ2v) is 7.37. The van der Waals surface area contributed by atoms with E-state index in [1.165, 1.54) is 24.5 Å². The van der Waals surface area contributed by atoms with Gasteiger partial charge >= 0.3 is 5.97 Å². The van der Waals surface area contributed by atoms with Crippen LogP contribution in [0.3, 0.4) is 0 Å². The average molecular weight is 365 g/mol. The summed E-state index contributed by atoms with van der Waals surface area (Å²) < 4.78 is 20.1. The molecule has 1 aromatic carbocycles. The third-order valence-corrected chi connectivity index (χ3v) is 5.87. The monoisotopic (exact) mass is 365 g/mol. The van der Waals surface area contributed by atoms with Gasteiger partial charge in [-0.2, -0.15) is 0 Å². The Morgan fingerprint density at radius 2 is 2.04 bits per heavy atom. The lowest BCUT2D eigenvalue weighted by Gasteiger charge is -2.26. The van der Waals surface area contributed by atoms with Gasteiger partial charge in [-0.1, -0.05) is 6.07 Å². The van der Waals surface area contributed by atoms with Crippen molar-refractivity contribution in [3.05, 3.63) is 34.5 Å². The molecule has 1 heterocycles. The molecule has 134 valence electrons. The number of halogens is 1. The Kier molecular flexibility index (Phi) is 5.34. The molecule has 3 rings (SSSR count).